The van der Waals surface area contributed by atoms with E-state index >= 15 is 0 Å². The third kappa shape index (κ3) is 6.16. The number of benzene rings is 1. The van der Waals surface area contributed by atoms with Crippen LogP contribution in [-0.4, -0.2) is 72.1 Å². The van der Waals surface area contributed by atoms with Crippen molar-refractivity contribution in [3.05, 3.63) is 41.5 Å². The van der Waals surface area contributed by atoms with Crippen molar-refractivity contribution in [2.45, 2.75) is 20.0 Å². The number of guanidine groups is 1. The Bertz CT molecular complexity index is 800. The highest BCUT2D eigenvalue weighted by Crippen LogP contribution is 2.17. The molecule has 1 aliphatic rings. The zero-order valence-electron chi connectivity index (χ0n) is 17.5. The number of aromatic nitrogens is 3. The lowest BCUT2D eigenvalue weighted by Crippen LogP contribution is -2.44. The number of aryl methyl sites for hydroxylation is 1. The molecule has 1 aromatic heterocycles. The highest BCUT2D eigenvalue weighted by Gasteiger charge is 2.11. The molecule has 29 heavy (non-hydrogen) atoms. The van der Waals surface area contributed by atoms with Crippen LogP contribution < -0.4 is 15.4 Å². The topological polar surface area (TPSA) is 88.8 Å². The van der Waals surface area contributed by atoms with E-state index in [1.807, 2.05) is 42.8 Å². The molecule has 0 bridgehead atoms. The molecule has 2 N–H and O–H groups in total. The number of para-hydroxylation sites is 1. The Labute approximate surface area is 172 Å². The van der Waals surface area contributed by atoms with Crippen LogP contribution in [-0.2, 0) is 24.9 Å². The molecule has 1 aliphatic heterocycles. The summed E-state index contributed by atoms with van der Waals surface area (Å²) in [5.41, 5.74) is 1.04. The fraction of sp³-hybridized carbons (Fsp3) is 0.550. The van der Waals surface area contributed by atoms with Gasteiger partial charge in [-0.1, -0.05) is 18.2 Å². The lowest BCUT2D eigenvalue weighted by atomic mass is 10.2. The standard InChI is InChI=1S/C20H31N7O2/c1-16-24-25-19(26(16)2)15-23-20(21-8-9-27-10-12-29-13-11-27)22-14-17-6-4-5-7-18(17)28-3/h4-7H,8-15H2,1-3H3,(H2,21,22,23). The van der Waals surface area contributed by atoms with Crippen LogP contribution in [0.1, 0.15) is 17.2 Å². The van der Waals surface area contributed by atoms with Crippen molar-refractivity contribution in [3.63, 3.8) is 0 Å². The molecule has 2 heterocycles. The van der Waals surface area contributed by atoms with Crippen molar-refractivity contribution in [2.75, 3.05) is 46.5 Å². The lowest BCUT2D eigenvalue weighted by molar-refractivity contribution is 0.0389. The maximum absolute atomic E-state index is 5.44. The van der Waals surface area contributed by atoms with E-state index in [9.17, 15) is 0 Å². The third-order valence-corrected chi connectivity index (χ3v) is 5.02. The Balaban J connectivity index is 1.61. The summed E-state index contributed by atoms with van der Waals surface area (Å²) in [6.45, 7) is 8.31. The van der Waals surface area contributed by atoms with Gasteiger partial charge in [-0.2, -0.15) is 0 Å². The molecular weight excluding hydrogens is 370 g/mol. The highest BCUT2D eigenvalue weighted by molar-refractivity contribution is 5.79. The van der Waals surface area contributed by atoms with E-state index in [2.05, 4.69) is 25.7 Å². The minimum Gasteiger partial charge on any atom is -0.496 e. The highest BCUT2D eigenvalue weighted by atomic mass is 16.5. The van der Waals surface area contributed by atoms with Gasteiger partial charge in [0.15, 0.2) is 11.8 Å². The molecule has 0 spiro atoms. The maximum atomic E-state index is 5.44. The minimum atomic E-state index is 0.523. The quantitative estimate of drug-likeness (QED) is 0.497. The first-order valence-electron chi connectivity index (χ1n) is 9.96. The lowest BCUT2D eigenvalue weighted by Gasteiger charge is -2.26. The molecule has 1 fully saturated rings. The van der Waals surface area contributed by atoms with Crippen LogP contribution in [0.25, 0.3) is 0 Å². The number of hydrogen-bond acceptors (Lipinski definition) is 6. The third-order valence-electron chi connectivity index (χ3n) is 5.02. The number of nitrogens with zero attached hydrogens (tertiary/aromatic N) is 5. The van der Waals surface area contributed by atoms with Gasteiger partial charge < -0.3 is 24.7 Å². The van der Waals surface area contributed by atoms with E-state index in [-0.39, 0.29) is 0 Å². The SMILES string of the molecule is COc1ccccc1CN=C(NCCN1CCOCC1)NCc1nnc(C)n1C. The zero-order valence-corrected chi connectivity index (χ0v) is 17.5. The van der Waals surface area contributed by atoms with E-state index < -0.39 is 0 Å². The van der Waals surface area contributed by atoms with Gasteiger partial charge in [0.1, 0.15) is 11.6 Å². The van der Waals surface area contributed by atoms with Gasteiger partial charge in [0.2, 0.25) is 0 Å². The Hall–Kier alpha value is -2.65. The summed E-state index contributed by atoms with van der Waals surface area (Å²) in [4.78, 5) is 7.14. The van der Waals surface area contributed by atoms with Gasteiger partial charge >= 0.3 is 0 Å². The van der Waals surface area contributed by atoms with Gasteiger partial charge in [-0.15, -0.1) is 10.2 Å². The molecule has 0 unspecified atom stereocenters. The van der Waals surface area contributed by atoms with Gasteiger partial charge in [0.25, 0.3) is 0 Å². The number of ether oxygens (including phenoxy) is 2. The first-order valence-corrected chi connectivity index (χ1v) is 9.96. The van der Waals surface area contributed by atoms with Crippen LogP contribution in [0.5, 0.6) is 5.75 Å². The largest absolute Gasteiger partial charge is 0.496 e. The van der Waals surface area contributed by atoms with Gasteiger partial charge in [-0.25, -0.2) is 4.99 Å². The van der Waals surface area contributed by atoms with Gasteiger partial charge in [-0.05, 0) is 13.0 Å². The van der Waals surface area contributed by atoms with Crippen molar-refractivity contribution >= 4 is 5.96 Å². The summed E-state index contributed by atoms with van der Waals surface area (Å²) in [5.74, 6) is 3.33. The van der Waals surface area contributed by atoms with E-state index in [1.54, 1.807) is 7.11 Å². The van der Waals surface area contributed by atoms with E-state index in [4.69, 9.17) is 14.5 Å². The average molecular weight is 402 g/mol. The summed E-state index contributed by atoms with van der Waals surface area (Å²) in [7, 11) is 3.64. The summed E-state index contributed by atoms with van der Waals surface area (Å²) in [6.07, 6.45) is 0. The Morgan fingerprint density at radius 1 is 1.21 bits per heavy atom. The molecule has 3 rings (SSSR count). The van der Waals surface area contributed by atoms with Crippen molar-refractivity contribution in [2.24, 2.45) is 12.0 Å². The molecule has 9 heteroatoms. The van der Waals surface area contributed by atoms with E-state index in [0.29, 0.717) is 13.1 Å². The maximum Gasteiger partial charge on any atom is 0.192 e. The van der Waals surface area contributed by atoms with Crippen LogP contribution in [0.3, 0.4) is 0 Å². The molecule has 0 saturated carbocycles. The summed E-state index contributed by atoms with van der Waals surface area (Å²) >= 11 is 0. The molecule has 1 saturated heterocycles. The number of nitrogens with one attached hydrogen (secondary N) is 2. The van der Waals surface area contributed by atoms with Crippen molar-refractivity contribution in [3.8, 4) is 5.75 Å². The molecular formula is C20H31N7O2. The smallest absolute Gasteiger partial charge is 0.192 e. The number of morpholine rings is 1. The van der Waals surface area contributed by atoms with Crippen LogP contribution in [0.4, 0.5) is 0 Å². The molecule has 0 amide bonds. The number of rotatable bonds is 8. The molecule has 0 aliphatic carbocycles. The average Bonchev–Trinajstić information content (AvgIpc) is 3.08. The molecule has 2 aromatic rings. The summed E-state index contributed by atoms with van der Waals surface area (Å²) in [6, 6.07) is 7.93. The zero-order chi connectivity index (χ0) is 20.5. The molecule has 9 nitrogen and oxygen atoms in total. The van der Waals surface area contributed by atoms with Crippen molar-refractivity contribution < 1.29 is 9.47 Å². The van der Waals surface area contributed by atoms with Crippen LogP contribution in [0, 0.1) is 6.92 Å². The van der Waals surface area contributed by atoms with Crippen molar-refractivity contribution in [1.29, 1.82) is 0 Å². The molecule has 0 atom stereocenters. The molecule has 158 valence electrons. The normalized spacial score (nSPS) is 15.3. The predicted octanol–water partition coefficient (Wildman–Crippen LogP) is 0.700. The monoisotopic (exact) mass is 401 g/mol. The Morgan fingerprint density at radius 2 is 2.00 bits per heavy atom. The first-order chi connectivity index (χ1) is 14.2. The Kier molecular flexibility index (Phi) is 7.83. The molecule has 0 radical (unpaired) electrons. The van der Waals surface area contributed by atoms with Gasteiger partial charge in [0.05, 0.1) is 33.4 Å². The summed E-state index contributed by atoms with van der Waals surface area (Å²) in [5, 5.41) is 15.1. The fourth-order valence-corrected chi connectivity index (χ4v) is 3.10. The first kappa shape index (κ1) is 21.1. The number of methoxy groups -OCH3 is 1. The number of hydrogen-bond donors (Lipinski definition) is 2. The second-order valence-corrected chi connectivity index (χ2v) is 6.93. The molecule has 1 aromatic carbocycles. The Morgan fingerprint density at radius 3 is 2.72 bits per heavy atom. The van der Waals surface area contributed by atoms with E-state index in [0.717, 1.165) is 68.3 Å². The summed E-state index contributed by atoms with van der Waals surface area (Å²) < 4.78 is 12.8. The second kappa shape index (κ2) is 10.8. The van der Waals surface area contributed by atoms with Crippen LogP contribution in [0.2, 0.25) is 0 Å². The second-order valence-electron chi connectivity index (χ2n) is 6.93. The van der Waals surface area contributed by atoms with Crippen LogP contribution in [0.15, 0.2) is 29.3 Å². The minimum absolute atomic E-state index is 0.523. The fourth-order valence-electron chi connectivity index (χ4n) is 3.10. The van der Waals surface area contributed by atoms with Gasteiger partial charge in [0, 0.05) is 38.8 Å². The van der Waals surface area contributed by atoms with E-state index in [1.165, 1.54) is 0 Å². The van der Waals surface area contributed by atoms with Crippen molar-refractivity contribution in [1.82, 2.24) is 30.3 Å². The number of aliphatic imine (C=N–C) groups is 1. The predicted molar refractivity (Wildman–Crippen MR) is 112 cm³/mol. The van der Waals surface area contributed by atoms with Gasteiger partial charge in [-0.3, -0.25) is 4.90 Å². The van der Waals surface area contributed by atoms with Crippen LogP contribution >= 0.6 is 0 Å².